The third-order valence-corrected chi connectivity index (χ3v) is 5.12. The number of carbonyl (C=O) groups is 4. The van der Waals surface area contributed by atoms with Gasteiger partial charge in [-0.05, 0) is 30.3 Å². The lowest BCUT2D eigenvalue weighted by molar-refractivity contribution is -0.385. The van der Waals surface area contributed by atoms with Crippen LogP contribution in [-0.4, -0.2) is 39.2 Å². The molecule has 0 bridgehead atoms. The Balaban J connectivity index is 2.04. The summed E-state index contributed by atoms with van der Waals surface area (Å²) < 4.78 is 0.671. The van der Waals surface area contributed by atoms with Gasteiger partial charge in [-0.15, -0.1) is 0 Å². The quantitative estimate of drug-likeness (QED) is 0.146. The van der Waals surface area contributed by atoms with Crippen LogP contribution in [0.1, 0.15) is 22.3 Å². The average molecular weight is 504 g/mol. The molecule has 0 spiro atoms. The van der Waals surface area contributed by atoms with Gasteiger partial charge in [0.05, 0.1) is 4.92 Å². The summed E-state index contributed by atoms with van der Waals surface area (Å²) in [5.41, 5.74) is 3.42. The molecule has 2 aromatic carbocycles. The van der Waals surface area contributed by atoms with Crippen LogP contribution < -0.4 is 16.5 Å². The SMILES string of the molecule is NC(=O)C(=O)N/N=C(\C[C@]1(O)C(=O)Nc2ccc([N+](=O)[O-])cc21)C(=O)c1ccc(Br)cc1. The molecule has 0 aliphatic carbocycles. The van der Waals surface area contributed by atoms with Crippen molar-refractivity contribution >= 4 is 56.5 Å². The van der Waals surface area contributed by atoms with Crippen LogP contribution >= 0.6 is 15.9 Å². The summed E-state index contributed by atoms with van der Waals surface area (Å²) in [7, 11) is 0. The lowest BCUT2D eigenvalue weighted by atomic mass is 9.87. The van der Waals surface area contributed by atoms with Crippen LogP contribution in [0.25, 0.3) is 0 Å². The van der Waals surface area contributed by atoms with Crippen molar-refractivity contribution in [2.45, 2.75) is 12.0 Å². The lowest BCUT2D eigenvalue weighted by Gasteiger charge is -2.21. The number of ketones is 1. The van der Waals surface area contributed by atoms with Gasteiger partial charge in [-0.1, -0.05) is 15.9 Å². The summed E-state index contributed by atoms with van der Waals surface area (Å²) in [6.07, 6.45) is -0.763. The van der Waals surface area contributed by atoms with E-state index in [1.807, 2.05) is 0 Å². The van der Waals surface area contributed by atoms with Crippen LogP contribution in [0.5, 0.6) is 0 Å². The molecule has 0 unspecified atom stereocenters. The van der Waals surface area contributed by atoms with E-state index in [4.69, 9.17) is 5.73 Å². The molecule has 1 aliphatic rings. The molecule has 1 heterocycles. The minimum atomic E-state index is -2.41. The first kappa shape index (κ1) is 22.7. The number of halogens is 1. The molecule has 32 heavy (non-hydrogen) atoms. The number of carbonyl (C=O) groups excluding carboxylic acids is 4. The monoisotopic (exact) mass is 503 g/mol. The van der Waals surface area contributed by atoms with E-state index in [1.54, 1.807) is 17.6 Å². The number of hydrazone groups is 1. The number of benzene rings is 2. The largest absolute Gasteiger partial charge is 0.375 e. The Morgan fingerprint density at radius 2 is 1.88 bits per heavy atom. The summed E-state index contributed by atoms with van der Waals surface area (Å²) >= 11 is 3.22. The van der Waals surface area contributed by atoms with Crippen LogP contribution in [0.4, 0.5) is 11.4 Å². The molecule has 0 radical (unpaired) electrons. The van der Waals surface area contributed by atoms with Crippen molar-refractivity contribution in [2.75, 3.05) is 5.32 Å². The first-order chi connectivity index (χ1) is 15.0. The standard InChI is InChI=1S/C19H14BrN5O7/c20-10-3-1-9(2-4-10)15(26)14(23-24-17(28)16(21)27)8-19(30)12-7-11(25(31)32)5-6-13(12)22-18(19)29/h1-7,30H,8H2,(H2,21,27)(H,22,29)(H,24,28)/b23-14+/t19-/m1/s1. The number of primary amides is 1. The highest BCUT2D eigenvalue weighted by Gasteiger charge is 2.48. The fourth-order valence-electron chi connectivity index (χ4n) is 2.97. The lowest BCUT2D eigenvalue weighted by Crippen LogP contribution is -2.40. The normalized spacial score (nSPS) is 17.3. The number of nitrogens with one attached hydrogen (secondary N) is 2. The number of nitro benzene ring substituents is 1. The molecule has 12 nitrogen and oxygen atoms in total. The first-order valence-corrected chi connectivity index (χ1v) is 9.61. The van der Waals surface area contributed by atoms with Crippen molar-refractivity contribution < 1.29 is 29.2 Å². The van der Waals surface area contributed by atoms with Crippen molar-refractivity contribution in [1.29, 1.82) is 0 Å². The van der Waals surface area contributed by atoms with Gasteiger partial charge in [-0.2, -0.15) is 5.10 Å². The Labute approximate surface area is 187 Å². The summed E-state index contributed by atoms with van der Waals surface area (Å²) in [6, 6.07) is 9.35. The molecule has 0 fully saturated rings. The highest BCUT2D eigenvalue weighted by Crippen LogP contribution is 2.40. The highest BCUT2D eigenvalue weighted by molar-refractivity contribution is 9.10. The van der Waals surface area contributed by atoms with E-state index >= 15 is 0 Å². The fourth-order valence-corrected chi connectivity index (χ4v) is 3.24. The zero-order valence-electron chi connectivity index (χ0n) is 16.0. The fraction of sp³-hybridized carbons (Fsp3) is 0.105. The number of anilines is 1. The van der Waals surface area contributed by atoms with E-state index in [0.29, 0.717) is 4.47 Å². The van der Waals surface area contributed by atoms with Gasteiger partial charge in [0.15, 0.2) is 5.60 Å². The maximum absolute atomic E-state index is 13.0. The van der Waals surface area contributed by atoms with Gasteiger partial charge in [0.1, 0.15) is 5.71 Å². The molecule has 1 atom stereocenters. The van der Waals surface area contributed by atoms with E-state index in [2.05, 4.69) is 26.3 Å². The number of Topliss-reactive ketones (excluding diaryl/α,β-unsaturated/α-hetero) is 1. The van der Waals surface area contributed by atoms with E-state index in [0.717, 1.165) is 12.1 Å². The van der Waals surface area contributed by atoms with Gasteiger partial charge in [-0.25, -0.2) is 5.43 Å². The van der Waals surface area contributed by atoms with E-state index in [1.165, 1.54) is 18.2 Å². The van der Waals surface area contributed by atoms with Crippen LogP contribution in [0.2, 0.25) is 0 Å². The predicted octanol–water partition coefficient (Wildman–Crippen LogP) is 0.728. The van der Waals surface area contributed by atoms with Gasteiger partial charge >= 0.3 is 11.8 Å². The predicted molar refractivity (Wildman–Crippen MR) is 113 cm³/mol. The number of non-ortho nitro benzene ring substituents is 1. The van der Waals surface area contributed by atoms with Crippen molar-refractivity contribution in [1.82, 2.24) is 5.43 Å². The number of nitrogens with two attached hydrogens (primary N) is 1. The topological polar surface area (TPSA) is 194 Å². The third-order valence-electron chi connectivity index (χ3n) is 4.59. The summed E-state index contributed by atoms with van der Waals surface area (Å²) in [6.45, 7) is 0. The maximum Gasteiger partial charge on any atom is 0.329 e. The molecule has 164 valence electrons. The first-order valence-electron chi connectivity index (χ1n) is 8.82. The smallest absolute Gasteiger partial charge is 0.329 e. The Bertz CT molecular complexity index is 1200. The van der Waals surface area contributed by atoms with Crippen LogP contribution in [-0.2, 0) is 20.0 Å². The zero-order chi connectivity index (χ0) is 23.6. The number of hydrogen-bond donors (Lipinski definition) is 4. The summed E-state index contributed by atoms with van der Waals surface area (Å²) in [5.74, 6) is -4.43. The van der Waals surface area contributed by atoms with E-state index in [9.17, 15) is 34.4 Å². The summed E-state index contributed by atoms with van der Waals surface area (Å²) in [4.78, 5) is 58.5. The molecule has 0 aromatic heterocycles. The molecule has 3 rings (SSSR count). The van der Waals surface area contributed by atoms with Gasteiger partial charge in [0.25, 0.3) is 11.6 Å². The Hall–Kier alpha value is -3.97. The number of nitrogens with zero attached hydrogens (tertiary/aromatic N) is 2. The second-order valence-electron chi connectivity index (χ2n) is 6.68. The summed E-state index contributed by atoms with van der Waals surface area (Å²) in [5, 5.41) is 28.2. The Kier molecular flexibility index (Phi) is 6.13. The van der Waals surface area contributed by atoms with Crippen molar-refractivity contribution in [2.24, 2.45) is 10.8 Å². The molecule has 5 N–H and O–H groups in total. The molecule has 1 aliphatic heterocycles. The highest BCUT2D eigenvalue weighted by atomic mass is 79.9. The Morgan fingerprint density at radius 1 is 1.22 bits per heavy atom. The number of fused-ring (bicyclic) bond motifs is 1. The van der Waals surface area contributed by atoms with E-state index in [-0.39, 0.29) is 16.8 Å². The number of nitro groups is 1. The third kappa shape index (κ3) is 4.38. The molecule has 3 amide bonds. The van der Waals surface area contributed by atoms with Crippen molar-refractivity contribution in [3.8, 4) is 0 Å². The van der Waals surface area contributed by atoms with Gasteiger partial charge in [-0.3, -0.25) is 29.3 Å². The maximum atomic E-state index is 13.0. The minimum Gasteiger partial charge on any atom is -0.375 e. The van der Waals surface area contributed by atoms with Gasteiger partial charge in [0, 0.05) is 39.8 Å². The van der Waals surface area contributed by atoms with Gasteiger partial charge in [0.2, 0.25) is 5.78 Å². The van der Waals surface area contributed by atoms with Crippen molar-refractivity contribution in [3.63, 3.8) is 0 Å². The number of aliphatic hydroxyl groups is 1. The number of rotatable bonds is 6. The second-order valence-corrected chi connectivity index (χ2v) is 7.59. The number of hydrogen-bond acceptors (Lipinski definition) is 8. The molecule has 0 saturated heterocycles. The van der Waals surface area contributed by atoms with Crippen molar-refractivity contribution in [3.05, 3.63) is 68.2 Å². The molecular formula is C19H14BrN5O7. The molecule has 2 aromatic rings. The molecule has 13 heteroatoms. The van der Waals surface area contributed by atoms with E-state index < -0.39 is 51.8 Å². The minimum absolute atomic E-state index is 0.0987. The zero-order valence-corrected chi connectivity index (χ0v) is 17.6. The van der Waals surface area contributed by atoms with Crippen LogP contribution in [0, 0.1) is 10.1 Å². The van der Waals surface area contributed by atoms with Crippen LogP contribution in [0.15, 0.2) is 52.0 Å². The average Bonchev–Trinajstić information content (AvgIpc) is 3.00. The molecular weight excluding hydrogens is 490 g/mol. The number of amides is 3. The second kappa shape index (κ2) is 8.64. The Morgan fingerprint density at radius 3 is 2.47 bits per heavy atom. The van der Waals surface area contributed by atoms with Gasteiger partial charge < -0.3 is 16.2 Å². The van der Waals surface area contributed by atoms with Crippen LogP contribution in [0.3, 0.4) is 0 Å². The molecule has 0 saturated carbocycles.